The Morgan fingerprint density at radius 2 is 2.06 bits per heavy atom. The summed E-state index contributed by atoms with van der Waals surface area (Å²) in [6.45, 7) is 7.00. The lowest BCUT2D eigenvalue weighted by atomic mass is 10.1. The van der Waals surface area contributed by atoms with E-state index in [1.807, 2.05) is 19.1 Å². The second-order valence-corrected chi connectivity index (χ2v) is 4.12. The Morgan fingerprint density at radius 3 is 2.62 bits per heavy atom. The number of rotatable bonds is 2. The molecule has 1 aliphatic rings. The highest BCUT2D eigenvalue weighted by atomic mass is 16.5. The van der Waals surface area contributed by atoms with E-state index in [-0.39, 0.29) is 0 Å². The van der Waals surface area contributed by atoms with E-state index in [0.29, 0.717) is 0 Å². The van der Waals surface area contributed by atoms with Gasteiger partial charge in [-0.05, 0) is 19.9 Å². The van der Waals surface area contributed by atoms with Crippen molar-refractivity contribution in [2.24, 2.45) is 0 Å². The molecule has 1 atom stereocenters. The molecule has 1 N–H and O–H groups in total. The molecule has 2 rings (SSSR count). The lowest BCUT2D eigenvalue weighted by molar-refractivity contribution is 0.122. The molecule has 0 aromatic carbocycles. The number of hydrogen-bond donors (Lipinski definition) is 1. The summed E-state index contributed by atoms with van der Waals surface area (Å²) >= 11 is 0. The molecule has 88 valence electrons. The van der Waals surface area contributed by atoms with Gasteiger partial charge in [-0.2, -0.15) is 0 Å². The van der Waals surface area contributed by atoms with Gasteiger partial charge in [-0.15, -0.1) is 0 Å². The molecule has 1 aromatic rings. The highest BCUT2D eigenvalue weighted by molar-refractivity contribution is 5.42. The average Bonchev–Trinajstić information content (AvgIpc) is 2.29. The van der Waals surface area contributed by atoms with Crippen LogP contribution in [0.2, 0.25) is 0 Å². The largest absolute Gasteiger partial charge is 0.389 e. The molecule has 1 aliphatic heterocycles. The molecule has 0 amide bonds. The number of aliphatic hydroxyl groups excluding tert-OH is 1. The van der Waals surface area contributed by atoms with Crippen LogP contribution in [0.1, 0.15) is 24.3 Å². The number of hydrogen-bond acceptors (Lipinski definition) is 4. The Kier molecular flexibility index (Phi) is 3.41. The zero-order valence-corrected chi connectivity index (χ0v) is 9.81. The predicted molar refractivity (Wildman–Crippen MR) is 62.6 cm³/mol. The van der Waals surface area contributed by atoms with Gasteiger partial charge in [-0.3, -0.25) is 0 Å². The molecule has 4 nitrogen and oxygen atoms in total. The standard InChI is InChI=1S/C12H18N2O2/c1-9-11(10(2)15)3-4-12(13-9)14-5-7-16-8-6-14/h3-4,10,15H,5-8H2,1-2H3. The number of pyridine rings is 1. The van der Waals surface area contributed by atoms with Crippen molar-refractivity contribution in [1.29, 1.82) is 0 Å². The highest BCUT2D eigenvalue weighted by Crippen LogP contribution is 2.20. The second kappa shape index (κ2) is 4.80. The van der Waals surface area contributed by atoms with Gasteiger partial charge in [0.25, 0.3) is 0 Å². The molecule has 2 heterocycles. The lowest BCUT2D eigenvalue weighted by Gasteiger charge is -2.28. The van der Waals surface area contributed by atoms with Crippen LogP contribution in [0.4, 0.5) is 5.82 Å². The fourth-order valence-electron chi connectivity index (χ4n) is 1.97. The molecule has 1 saturated heterocycles. The third-order valence-corrected chi connectivity index (χ3v) is 2.90. The van der Waals surface area contributed by atoms with Gasteiger partial charge in [0, 0.05) is 24.3 Å². The van der Waals surface area contributed by atoms with Crippen molar-refractivity contribution < 1.29 is 9.84 Å². The summed E-state index contributed by atoms with van der Waals surface area (Å²) in [4.78, 5) is 6.74. The first-order valence-electron chi connectivity index (χ1n) is 5.67. The number of anilines is 1. The average molecular weight is 222 g/mol. The van der Waals surface area contributed by atoms with Gasteiger partial charge in [0.15, 0.2) is 0 Å². The van der Waals surface area contributed by atoms with E-state index in [2.05, 4.69) is 9.88 Å². The van der Waals surface area contributed by atoms with Crippen molar-refractivity contribution in [1.82, 2.24) is 4.98 Å². The molecule has 1 fully saturated rings. The summed E-state index contributed by atoms with van der Waals surface area (Å²) in [7, 11) is 0. The molecule has 1 unspecified atom stereocenters. The number of aryl methyl sites for hydroxylation is 1. The van der Waals surface area contributed by atoms with Crippen molar-refractivity contribution in [2.45, 2.75) is 20.0 Å². The smallest absolute Gasteiger partial charge is 0.128 e. The Morgan fingerprint density at radius 1 is 1.38 bits per heavy atom. The van der Waals surface area contributed by atoms with Crippen molar-refractivity contribution in [3.8, 4) is 0 Å². The molecule has 1 aromatic heterocycles. The Bertz CT molecular complexity index is 360. The summed E-state index contributed by atoms with van der Waals surface area (Å²) in [5.41, 5.74) is 1.80. The first-order chi connectivity index (χ1) is 7.68. The van der Waals surface area contributed by atoms with E-state index in [4.69, 9.17) is 4.74 Å². The zero-order valence-electron chi connectivity index (χ0n) is 9.81. The van der Waals surface area contributed by atoms with E-state index >= 15 is 0 Å². The lowest BCUT2D eigenvalue weighted by Crippen LogP contribution is -2.36. The maximum absolute atomic E-state index is 9.53. The van der Waals surface area contributed by atoms with Gasteiger partial charge in [0.1, 0.15) is 5.82 Å². The molecule has 16 heavy (non-hydrogen) atoms. The van der Waals surface area contributed by atoms with Crippen LogP contribution in [-0.4, -0.2) is 36.4 Å². The molecule has 0 spiro atoms. The van der Waals surface area contributed by atoms with Gasteiger partial charge in [0.2, 0.25) is 0 Å². The SMILES string of the molecule is Cc1nc(N2CCOCC2)ccc1C(C)O. The Balaban J connectivity index is 2.19. The van der Waals surface area contributed by atoms with Crippen molar-refractivity contribution in [3.63, 3.8) is 0 Å². The van der Waals surface area contributed by atoms with E-state index in [0.717, 1.165) is 43.4 Å². The third kappa shape index (κ3) is 2.33. The van der Waals surface area contributed by atoms with Crippen LogP contribution in [0.5, 0.6) is 0 Å². The first-order valence-corrected chi connectivity index (χ1v) is 5.67. The van der Waals surface area contributed by atoms with Crippen LogP contribution in [0.25, 0.3) is 0 Å². The van der Waals surface area contributed by atoms with Crippen LogP contribution in [0.15, 0.2) is 12.1 Å². The fraction of sp³-hybridized carbons (Fsp3) is 0.583. The van der Waals surface area contributed by atoms with Crippen LogP contribution >= 0.6 is 0 Å². The molecular weight excluding hydrogens is 204 g/mol. The number of ether oxygens (including phenoxy) is 1. The van der Waals surface area contributed by atoms with Crippen LogP contribution in [-0.2, 0) is 4.74 Å². The minimum Gasteiger partial charge on any atom is -0.389 e. The van der Waals surface area contributed by atoms with E-state index in [9.17, 15) is 5.11 Å². The number of aliphatic hydroxyl groups is 1. The van der Waals surface area contributed by atoms with Crippen LogP contribution in [0.3, 0.4) is 0 Å². The Labute approximate surface area is 95.9 Å². The third-order valence-electron chi connectivity index (χ3n) is 2.90. The van der Waals surface area contributed by atoms with Gasteiger partial charge in [-0.25, -0.2) is 4.98 Å². The predicted octanol–water partition coefficient (Wildman–Crippen LogP) is 1.28. The number of aromatic nitrogens is 1. The molecule has 0 radical (unpaired) electrons. The molecule has 0 saturated carbocycles. The van der Waals surface area contributed by atoms with Crippen molar-refractivity contribution in [2.75, 3.05) is 31.2 Å². The fourth-order valence-corrected chi connectivity index (χ4v) is 1.97. The summed E-state index contributed by atoms with van der Waals surface area (Å²) in [5, 5.41) is 9.53. The second-order valence-electron chi connectivity index (χ2n) is 4.12. The minimum absolute atomic E-state index is 0.453. The summed E-state index contributed by atoms with van der Waals surface area (Å²) < 4.78 is 5.30. The van der Waals surface area contributed by atoms with Gasteiger partial charge < -0.3 is 14.7 Å². The van der Waals surface area contributed by atoms with Gasteiger partial charge in [-0.1, -0.05) is 6.07 Å². The maximum atomic E-state index is 9.53. The summed E-state index contributed by atoms with van der Waals surface area (Å²) in [6.07, 6.45) is -0.453. The molecule has 0 aliphatic carbocycles. The van der Waals surface area contributed by atoms with Crippen molar-refractivity contribution in [3.05, 3.63) is 23.4 Å². The van der Waals surface area contributed by atoms with E-state index < -0.39 is 6.10 Å². The zero-order chi connectivity index (χ0) is 11.5. The molecule has 4 heteroatoms. The highest BCUT2D eigenvalue weighted by Gasteiger charge is 2.14. The number of morpholine rings is 1. The van der Waals surface area contributed by atoms with Crippen LogP contribution in [0, 0.1) is 6.92 Å². The maximum Gasteiger partial charge on any atom is 0.128 e. The summed E-state index contributed by atoms with van der Waals surface area (Å²) in [6, 6.07) is 3.93. The summed E-state index contributed by atoms with van der Waals surface area (Å²) in [5.74, 6) is 0.977. The molecular formula is C12H18N2O2. The van der Waals surface area contributed by atoms with Crippen molar-refractivity contribution >= 4 is 5.82 Å². The van der Waals surface area contributed by atoms with E-state index in [1.54, 1.807) is 6.92 Å². The van der Waals surface area contributed by atoms with Crippen LogP contribution < -0.4 is 4.90 Å². The van der Waals surface area contributed by atoms with Gasteiger partial charge in [0.05, 0.1) is 19.3 Å². The topological polar surface area (TPSA) is 45.6 Å². The first kappa shape index (κ1) is 11.4. The monoisotopic (exact) mass is 222 g/mol. The quantitative estimate of drug-likeness (QED) is 0.818. The normalized spacial score (nSPS) is 18.6. The minimum atomic E-state index is -0.453. The van der Waals surface area contributed by atoms with Gasteiger partial charge >= 0.3 is 0 Å². The number of nitrogens with zero attached hydrogens (tertiary/aromatic N) is 2. The van der Waals surface area contributed by atoms with E-state index in [1.165, 1.54) is 0 Å². The Hall–Kier alpha value is -1.13. The molecule has 0 bridgehead atoms.